The molecule has 6 nitrogen and oxygen atoms in total. The van der Waals surface area contributed by atoms with E-state index in [2.05, 4.69) is 4.98 Å². The van der Waals surface area contributed by atoms with Crippen LogP contribution in [0, 0.1) is 0 Å². The lowest BCUT2D eigenvalue weighted by molar-refractivity contribution is -0.119. The van der Waals surface area contributed by atoms with Gasteiger partial charge in [-0.05, 0) is 25.0 Å². The van der Waals surface area contributed by atoms with Crippen molar-refractivity contribution in [3.63, 3.8) is 0 Å². The fourth-order valence-electron chi connectivity index (χ4n) is 2.51. The number of carbonyl (C=O) groups excluding carboxylic acids is 1. The lowest BCUT2D eigenvalue weighted by Crippen LogP contribution is -2.41. The molecule has 21 heavy (non-hydrogen) atoms. The van der Waals surface area contributed by atoms with Crippen molar-refractivity contribution < 1.29 is 14.7 Å². The van der Waals surface area contributed by atoms with E-state index in [0.29, 0.717) is 24.5 Å². The number of aromatic carboxylic acids is 1. The molecule has 1 unspecified atom stereocenters. The average Bonchev–Trinajstić information content (AvgIpc) is 2.86. The topological polar surface area (TPSA) is 96.5 Å². The third-order valence-electron chi connectivity index (χ3n) is 3.70. The van der Waals surface area contributed by atoms with Crippen LogP contribution in [0.4, 0.5) is 5.82 Å². The fourth-order valence-corrected chi connectivity index (χ4v) is 2.51. The first-order valence-corrected chi connectivity index (χ1v) is 7.02. The van der Waals surface area contributed by atoms with Gasteiger partial charge in [0.2, 0.25) is 5.91 Å². The number of rotatable bonds is 3. The smallest absolute Gasteiger partial charge is 0.335 e. The molecule has 2 heterocycles. The number of carboxylic acids is 1. The van der Waals surface area contributed by atoms with Crippen LogP contribution in [0.3, 0.4) is 0 Å². The molecule has 3 N–H and O–H groups in total. The number of carbonyl (C=O) groups is 2. The molecule has 114 valence electrons. The summed E-state index contributed by atoms with van der Waals surface area (Å²) in [5, 5.41) is 9.28. The summed E-state index contributed by atoms with van der Waals surface area (Å²) >= 11 is 0. The van der Waals surface area contributed by atoms with E-state index < -0.39 is 17.9 Å². The highest BCUT2D eigenvalue weighted by molar-refractivity contribution is 5.89. The predicted molar refractivity (Wildman–Crippen MR) is 79.5 cm³/mol. The Kier molecular flexibility index (Phi) is 3.89. The van der Waals surface area contributed by atoms with Crippen LogP contribution in [-0.2, 0) is 10.2 Å². The van der Waals surface area contributed by atoms with Gasteiger partial charge in [-0.3, -0.25) is 4.79 Å². The molecule has 1 aromatic rings. The van der Waals surface area contributed by atoms with Gasteiger partial charge in [-0.25, -0.2) is 9.78 Å². The summed E-state index contributed by atoms with van der Waals surface area (Å²) in [5.41, 5.74) is 6.01. The molecule has 1 aromatic heterocycles. The second-order valence-corrected chi connectivity index (χ2v) is 6.41. The second-order valence-electron chi connectivity index (χ2n) is 6.41. The first-order chi connectivity index (χ1) is 9.70. The summed E-state index contributed by atoms with van der Waals surface area (Å²) < 4.78 is 0. The molecular weight excluding hydrogens is 270 g/mol. The van der Waals surface area contributed by atoms with E-state index in [1.807, 2.05) is 25.7 Å². The molecule has 1 saturated heterocycles. The predicted octanol–water partition coefficient (Wildman–Crippen LogP) is 1.53. The molecular formula is C15H21N3O3. The maximum absolute atomic E-state index is 11.5. The Morgan fingerprint density at radius 1 is 1.38 bits per heavy atom. The standard InChI is InChI=1S/C15H21N3O3/c1-15(2,3)11-7-9(14(20)21)8-12(17-11)18-6-4-5-10(18)13(16)19/h7-8,10H,4-6H2,1-3H3,(H2,16,19)(H,20,21). The van der Waals surface area contributed by atoms with Crippen LogP contribution in [0.25, 0.3) is 0 Å². The summed E-state index contributed by atoms with van der Waals surface area (Å²) in [6.07, 6.45) is 1.52. The molecule has 1 aliphatic heterocycles. The van der Waals surface area contributed by atoms with E-state index in [1.165, 1.54) is 6.07 Å². The number of amides is 1. The largest absolute Gasteiger partial charge is 0.478 e. The van der Waals surface area contributed by atoms with Crippen molar-refractivity contribution in [3.05, 3.63) is 23.4 Å². The number of nitrogens with two attached hydrogens (primary N) is 1. The number of aromatic nitrogens is 1. The third kappa shape index (κ3) is 3.15. The summed E-state index contributed by atoms with van der Waals surface area (Å²) in [6.45, 7) is 6.58. The zero-order valence-electron chi connectivity index (χ0n) is 12.6. The summed E-state index contributed by atoms with van der Waals surface area (Å²) in [4.78, 5) is 29.2. The Morgan fingerprint density at radius 2 is 2.05 bits per heavy atom. The Morgan fingerprint density at radius 3 is 2.57 bits per heavy atom. The molecule has 1 aliphatic rings. The summed E-state index contributed by atoms with van der Waals surface area (Å²) in [6, 6.07) is 2.69. The van der Waals surface area contributed by atoms with Crippen LogP contribution in [0.1, 0.15) is 49.7 Å². The third-order valence-corrected chi connectivity index (χ3v) is 3.70. The number of pyridine rings is 1. The van der Waals surface area contributed by atoms with Crippen molar-refractivity contribution >= 4 is 17.7 Å². The number of carboxylic acid groups (broad SMARTS) is 1. The minimum atomic E-state index is -1.00. The molecule has 0 aromatic carbocycles. The molecule has 2 rings (SSSR count). The van der Waals surface area contributed by atoms with Crippen molar-refractivity contribution in [1.82, 2.24) is 4.98 Å². The number of nitrogens with zero attached hydrogens (tertiary/aromatic N) is 2. The van der Waals surface area contributed by atoms with Crippen molar-refractivity contribution in [2.75, 3.05) is 11.4 Å². The van der Waals surface area contributed by atoms with Gasteiger partial charge in [0, 0.05) is 17.7 Å². The molecule has 1 fully saturated rings. The van der Waals surface area contributed by atoms with Gasteiger partial charge >= 0.3 is 5.97 Å². The number of hydrogen-bond acceptors (Lipinski definition) is 4. The minimum absolute atomic E-state index is 0.181. The first kappa shape index (κ1) is 15.3. The summed E-state index contributed by atoms with van der Waals surface area (Å²) in [5.74, 6) is -0.882. The lowest BCUT2D eigenvalue weighted by atomic mass is 9.90. The molecule has 6 heteroatoms. The molecule has 0 spiro atoms. The van der Waals surface area contributed by atoms with E-state index in [4.69, 9.17) is 5.73 Å². The van der Waals surface area contributed by atoms with Crippen LogP contribution >= 0.6 is 0 Å². The van der Waals surface area contributed by atoms with Crippen molar-refractivity contribution in [1.29, 1.82) is 0 Å². The monoisotopic (exact) mass is 291 g/mol. The molecule has 0 bridgehead atoms. The number of anilines is 1. The van der Waals surface area contributed by atoms with Crippen molar-refractivity contribution in [3.8, 4) is 0 Å². The van der Waals surface area contributed by atoms with Gasteiger partial charge in [0.15, 0.2) is 0 Å². The van der Waals surface area contributed by atoms with Gasteiger partial charge < -0.3 is 15.7 Å². The normalized spacial score (nSPS) is 18.8. The van der Waals surface area contributed by atoms with Gasteiger partial charge in [-0.15, -0.1) is 0 Å². The van der Waals surface area contributed by atoms with E-state index in [9.17, 15) is 14.7 Å². The van der Waals surface area contributed by atoms with E-state index >= 15 is 0 Å². The van der Waals surface area contributed by atoms with Gasteiger partial charge in [0.1, 0.15) is 11.9 Å². The summed E-state index contributed by atoms with van der Waals surface area (Å²) in [7, 11) is 0. The zero-order valence-corrected chi connectivity index (χ0v) is 12.6. The van der Waals surface area contributed by atoms with E-state index in [1.54, 1.807) is 6.07 Å². The molecule has 1 amide bonds. The zero-order chi connectivity index (χ0) is 15.8. The van der Waals surface area contributed by atoms with Crippen LogP contribution in [-0.4, -0.2) is 34.6 Å². The quantitative estimate of drug-likeness (QED) is 0.880. The first-order valence-electron chi connectivity index (χ1n) is 7.02. The number of hydrogen-bond donors (Lipinski definition) is 2. The van der Waals surface area contributed by atoms with E-state index in [-0.39, 0.29) is 11.0 Å². The second kappa shape index (κ2) is 5.35. The highest BCUT2D eigenvalue weighted by Crippen LogP contribution is 2.29. The molecule has 0 aliphatic carbocycles. The van der Waals surface area contributed by atoms with Crippen molar-refractivity contribution in [2.45, 2.75) is 45.1 Å². The van der Waals surface area contributed by atoms with Gasteiger partial charge in [0.05, 0.1) is 5.56 Å². The van der Waals surface area contributed by atoms with Gasteiger partial charge in [-0.2, -0.15) is 0 Å². The van der Waals surface area contributed by atoms with Gasteiger partial charge in [-0.1, -0.05) is 20.8 Å². The minimum Gasteiger partial charge on any atom is -0.478 e. The average molecular weight is 291 g/mol. The van der Waals surface area contributed by atoms with Crippen LogP contribution in [0.15, 0.2) is 12.1 Å². The fraction of sp³-hybridized carbons (Fsp3) is 0.533. The molecule has 0 radical (unpaired) electrons. The van der Waals surface area contributed by atoms with Crippen LogP contribution in [0.5, 0.6) is 0 Å². The molecule has 0 saturated carbocycles. The SMILES string of the molecule is CC(C)(C)c1cc(C(=O)O)cc(N2CCCC2C(N)=O)n1. The van der Waals surface area contributed by atoms with Crippen molar-refractivity contribution in [2.24, 2.45) is 5.73 Å². The lowest BCUT2D eigenvalue weighted by Gasteiger charge is -2.26. The Bertz CT molecular complexity index is 578. The van der Waals surface area contributed by atoms with Crippen LogP contribution < -0.4 is 10.6 Å². The highest BCUT2D eigenvalue weighted by Gasteiger charge is 2.31. The molecule has 1 atom stereocenters. The highest BCUT2D eigenvalue weighted by atomic mass is 16.4. The maximum atomic E-state index is 11.5. The van der Waals surface area contributed by atoms with Crippen LogP contribution in [0.2, 0.25) is 0 Å². The Hall–Kier alpha value is -2.11. The maximum Gasteiger partial charge on any atom is 0.335 e. The Labute approximate surface area is 124 Å². The number of primary amides is 1. The Balaban J connectivity index is 2.50. The van der Waals surface area contributed by atoms with Gasteiger partial charge in [0.25, 0.3) is 0 Å². The van der Waals surface area contributed by atoms with E-state index in [0.717, 1.165) is 6.42 Å².